The quantitative estimate of drug-likeness (QED) is 0.833. The van der Waals surface area contributed by atoms with Crippen LogP contribution in [0.15, 0.2) is 42.5 Å². The van der Waals surface area contributed by atoms with Crippen LogP contribution in [-0.2, 0) is 11.3 Å². The van der Waals surface area contributed by atoms with Crippen molar-refractivity contribution in [1.29, 1.82) is 0 Å². The van der Waals surface area contributed by atoms with Crippen LogP contribution in [0.3, 0.4) is 0 Å². The molecule has 1 amide bonds. The highest BCUT2D eigenvalue weighted by molar-refractivity contribution is 6.31. The summed E-state index contributed by atoms with van der Waals surface area (Å²) >= 11 is 11.9. The van der Waals surface area contributed by atoms with Crippen LogP contribution in [0.1, 0.15) is 5.56 Å². The van der Waals surface area contributed by atoms with Crippen molar-refractivity contribution in [2.75, 3.05) is 38.0 Å². The van der Waals surface area contributed by atoms with Gasteiger partial charge in [-0.25, -0.2) is 4.39 Å². The van der Waals surface area contributed by atoms with Crippen LogP contribution < -0.4 is 5.32 Å². The van der Waals surface area contributed by atoms with Gasteiger partial charge in [-0.2, -0.15) is 0 Å². The first-order valence-corrected chi connectivity index (χ1v) is 9.19. The molecule has 1 aliphatic heterocycles. The van der Waals surface area contributed by atoms with Gasteiger partial charge in [0.05, 0.1) is 6.54 Å². The fourth-order valence-electron chi connectivity index (χ4n) is 2.93. The summed E-state index contributed by atoms with van der Waals surface area (Å²) in [7, 11) is 0. The predicted molar refractivity (Wildman–Crippen MR) is 103 cm³/mol. The van der Waals surface area contributed by atoms with Gasteiger partial charge in [0.15, 0.2) is 0 Å². The molecular formula is C19H20Cl2FN3O. The second-order valence-corrected chi connectivity index (χ2v) is 7.19. The van der Waals surface area contributed by atoms with Gasteiger partial charge in [-0.3, -0.25) is 14.6 Å². The van der Waals surface area contributed by atoms with Gasteiger partial charge in [-0.1, -0.05) is 29.3 Å². The van der Waals surface area contributed by atoms with E-state index >= 15 is 0 Å². The van der Waals surface area contributed by atoms with Gasteiger partial charge in [0.25, 0.3) is 0 Å². The molecule has 0 saturated carbocycles. The third-order valence-corrected chi connectivity index (χ3v) is 4.97. The van der Waals surface area contributed by atoms with E-state index in [1.165, 1.54) is 12.1 Å². The van der Waals surface area contributed by atoms with Gasteiger partial charge in [0.2, 0.25) is 5.91 Å². The van der Waals surface area contributed by atoms with Gasteiger partial charge in [-0.15, -0.1) is 0 Å². The van der Waals surface area contributed by atoms with E-state index in [0.717, 1.165) is 37.4 Å². The second kappa shape index (κ2) is 8.82. The molecule has 0 atom stereocenters. The van der Waals surface area contributed by atoms with Crippen LogP contribution in [0.2, 0.25) is 10.0 Å². The number of halogens is 3. The molecule has 1 N–H and O–H groups in total. The Labute approximate surface area is 162 Å². The first-order chi connectivity index (χ1) is 12.5. The molecule has 2 aromatic rings. The highest BCUT2D eigenvalue weighted by Gasteiger charge is 2.19. The summed E-state index contributed by atoms with van der Waals surface area (Å²) in [5.74, 6) is -0.363. The third-order valence-electron chi connectivity index (χ3n) is 4.37. The van der Waals surface area contributed by atoms with Crippen LogP contribution in [-0.4, -0.2) is 48.4 Å². The maximum Gasteiger partial charge on any atom is 0.238 e. The molecule has 0 aliphatic carbocycles. The number of carbonyl (C=O) groups excluding carboxylic acids is 1. The zero-order valence-corrected chi connectivity index (χ0v) is 15.7. The van der Waals surface area contributed by atoms with Crippen molar-refractivity contribution in [2.45, 2.75) is 6.54 Å². The topological polar surface area (TPSA) is 35.6 Å². The Hall–Kier alpha value is -1.66. The summed E-state index contributed by atoms with van der Waals surface area (Å²) in [5.41, 5.74) is 1.66. The molecule has 1 fully saturated rings. The van der Waals surface area contributed by atoms with E-state index in [1.54, 1.807) is 30.3 Å². The highest BCUT2D eigenvalue weighted by atomic mass is 35.5. The number of nitrogens with one attached hydrogen (secondary N) is 1. The minimum atomic E-state index is -0.324. The molecule has 0 bridgehead atoms. The summed E-state index contributed by atoms with van der Waals surface area (Å²) in [5, 5.41) is 3.97. The van der Waals surface area contributed by atoms with Gasteiger partial charge >= 0.3 is 0 Å². The third kappa shape index (κ3) is 5.42. The minimum Gasteiger partial charge on any atom is -0.325 e. The molecule has 0 radical (unpaired) electrons. The number of nitrogens with zero attached hydrogens (tertiary/aromatic N) is 2. The summed E-state index contributed by atoms with van der Waals surface area (Å²) in [6.07, 6.45) is 0. The Kier molecular flexibility index (Phi) is 6.48. The highest BCUT2D eigenvalue weighted by Crippen LogP contribution is 2.20. The van der Waals surface area contributed by atoms with Crippen molar-refractivity contribution in [1.82, 2.24) is 9.80 Å². The van der Waals surface area contributed by atoms with Crippen molar-refractivity contribution in [3.63, 3.8) is 0 Å². The van der Waals surface area contributed by atoms with Crippen LogP contribution in [0.4, 0.5) is 10.1 Å². The monoisotopic (exact) mass is 395 g/mol. The summed E-state index contributed by atoms with van der Waals surface area (Å²) in [6.45, 7) is 4.31. The van der Waals surface area contributed by atoms with E-state index in [9.17, 15) is 9.18 Å². The van der Waals surface area contributed by atoms with E-state index in [2.05, 4.69) is 15.1 Å². The second-order valence-electron chi connectivity index (χ2n) is 6.34. The normalized spacial score (nSPS) is 15.8. The lowest BCUT2D eigenvalue weighted by atomic mass is 10.2. The number of piperazine rings is 1. The van der Waals surface area contributed by atoms with E-state index < -0.39 is 0 Å². The molecule has 3 rings (SSSR count). The SMILES string of the molecule is O=C(CN1CCN(Cc2ccc(F)cc2Cl)CC1)Nc1ccc(Cl)cc1. The average molecular weight is 396 g/mol. The number of anilines is 1. The number of benzene rings is 2. The fraction of sp³-hybridized carbons (Fsp3) is 0.316. The van der Waals surface area contributed by atoms with Crippen molar-refractivity contribution in [3.8, 4) is 0 Å². The molecule has 4 nitrogen and oxygen atoms in total. The number of amides is 1. The van der Waals surface area contributed by atoms with E-state index in [4.69, 9.17) is 23.2 Å². The van der Waals surface area contributed by atoms with E-state index in [-0.39, 0.29) is 11.7 Å². The minimum absolute atomic E-state index is 0.0395. The molecule has 1 aliphatic rings. The number of hydrogen-bond acceptors (Lipinski definition) is 3. The van der Waals surface area contributed by atoms with Crippen molar-refractivity contribution in [3.05, 3.63) is 63.9 Å². The Morgan fingerprint density at radius 1 is 1.00 bits per heavy atom. The van der Waals surface area contributed by atoms with Gasteiger partial charge in [-0.05, 0) is 42.0 Å². The molecule has 26 heavy (non-hydrogen) atoms. The first-order valence-electron chi connectivity index (χ1n) is 8.43. The Morgan fingerprint density at radius 2 is 1.65 bits per heavy atom. The van der Waals surface area contributed by atoms with Gasteiger partial charge in [0, 0.05) is 48.5 Å². The zero-order valence-electron chi connectivity index (χ0n) is 14.2. The summed E-state index contributed by atoms with van der Waals surface area (Å²) in [4.78, 5) is 16.5. The molecular weight excluding hydrogens is 376 g/mol. The molecule has 138 valence electrons. The van der Waals surface area contributed by atoms with Crippen molar-refractivity contribution >= 4 is 34.8 Å². The number of rotatable bonds is 5. The Bertz CT molecular complexity index is 762. The Morgan fingerprint density at radius 3 is 2.31 bits per heavy atom. The van der Waals surface area contributed by atoms with Crippen LogP contribution in [0.25, 0.3) is 0 Å². The van der Waals surface area contributed by atoms with Crippen molar-refractivity contribution < 1.29 is 9.18 Å². The lowest BCUT2D eigenvalue weighted by Crippen LogP contribution is -2.48. The molecule has 1 saturated heterocycles. The summed E-state index contributed by atoms with van der Waals surface area (Å²) in [6, 6.07) is 11.6. The average Bonchev–Trinajstić information content (AvgIpc) is 2.61. The maximum atomic E-state index is 13.1. The van der Waals surface area contributed by atoms with E-state index in [0.29, 0.717) is 23.1 Å². The molecule has 7 heteroatoms. The smallest absolute Gasteiger partial charge is 0.238 e. The fourth-order valence-corrected chi connectivity index (χ4v) is 3.29. The largest absolute Gasteiger partial charge is 0.325 e. The molecule has 0 aromatic heterocycles. The Balaban J connectivity index is 1.44. The predicted octanol–water partition coefficient (Wildman–Crippen LogP) is 3.89. The van der Waals surface area contributed by atoms with Gasteiger partial charge in [0.1, 0.15) is 5.82 Å². The lowest BCUT2D eigenvalue weighted by Gasteiger charge is -2.34. The van der Waals surface area contributed by atoms with Gasteiger partial charge < -0.3 is 5.32 Å². The maximum absolute atomic E-state index is 13.1. The van der Waals surface area contributed by atoms with Crippen LogP contribution in [0, 0.1) is 5.82 Å². The summed E-state index contributed by atoms with van der Waals surface area (Å²) < 4.78 is 13.1. The number of carbonyl (C=O) groups is 1. The zero-order chi connectivity index (χ0) is 18.5. The van der Waals surface area contributed by atoms with E-state index in [1.807, 2.05) is 0 Å². The van der Waals surface area contributed by atoms with Crippen molar-refractivity contribution in [2.24, 2.45) is 0 Å². The first kappa shape index (κ1) is 19.1. The number of hydrogen-bond donors (Lipinski definition) is 1. The molecule has 1 heterocycles. The lowest BCUT2D eigenvalue weighted by molar-refractivity contribution is -0.117. The molecule has 2 aromatic carbocycles. The van der Waals surface area contributed by atoms with Crippen LogP contribution >= 0.6 is 23.2 Å². The standard InChI is InChI=1S/C19H20Cl2FN3O/c20-15-2-5-17(6-3-15)23-19(26)13-25-9-7-24(8-10-25)12-14-1-4-16(22)11-18(14)21/h1-6,11H,7-10,12-13H2,(H,23,26). The van der Waals surface area contributed by atoms with Crippen LogP contribution in [0.5, 0.6) is 0 Å². The molecule has 0 unspecified atom stereocenters. The molecule has 0 spiro atoms.